The first-order valence-electron chi connectivity index (χ1n) is 7.29. The fourth-order valence-corrected chi connectivity index (χ4v) is 3.64. The zero-order chi connectivity index (χ0) is 14.1. The van der Waals surface area contributed by atoms with Gasteiger partial charge in [-0.3, -0.25) is 4.72 Å². The molecule has 4 heteroatoms. The van der Waals surface area contributed by atoms with Crippen molar-refractivity contribution in [2.75, 3.05) is 0 Å². The van der Waals surface area contributed by atoms with Crippen LogP contribution in [-0.2, 0) is 13.1 Å². The highest BCUT2D eigenvalue weighted by molar-refractivity contribution is 9.10. The third-order valence-electron chi connectivity index (χ3n) is 3.53. The molecule has 2 nitrogen and oxygen atoms in total. The summed E-state index contributed by atoms with van der Waals surface area (Å²) < 4.78 is 7.07. The molecule has 1 saturated carbocycles. The highest BCUT2D eigenvalue weighted by Crippen LogP contribution is 2.32. The Balaban J connectivity index is 1.85. The van der Waals surface area contributed by atoms with E-state index in [1.165, 1.54) is 29.3 Å². The van der Waals surface area contributed by atoms with Crippen LogP contribution in [-0.4, -0.2) is 9.82 Å². The van der Waals surface area contributed by atoms with Crippen molar-refractivity contribution in [2.45, 2.75) is 45.0 Å². The van der Waals surface area contributed by atoms with Gasteiger partial charge in [-0.1, -0.05) is 47.8 Å². The van der Waals surface area contributed by atoms with Gasteiger partial charge in [0, 0.05) is 39.9 Å². The van der Waals surface area contributed by atoms with Crippen LogP contribution in [0.4, 0.5) is 0 Å². The average molecular weight is 353 g/mol. The van der Waals surface area contributed by atoms with Gasteiger partial charge >= 0.3 is 0 Å². The fourth-order valence-electron chi connectivity index (χ4n) is 2.45. The predicted octanol–water partition coefficient (Wildman–Crippen LogP) is 4.96. The highest BCUT2D eigenvalue weighted by Gasteiger charge is 2.21. The molecule has 0 radical (unpaired) electrons. The molecule has 108 valence electrons. The van der Waals surface area contributed by atoms with Crippen LogP contribution in [0.5, 0.6) is 0 Å². The van der Waals surface area contributed by atoms with E-state index in [0.717, 1.165) is 22.8 Å². The van der Waals surface area contributed by atoms with Crippen LogP contribution in [0.1, 0.15) is 32.3 Å². The van der Waals surface area contributed by atoms with Gasteiger partial charge in [0.05, 0.1) is 0 Å². The molecule has 0 bridgehead atoms. The summed E-state index contributed by atoms with van der Waals surface area (Å²) in [5, 5.41) is 2.23. The van der Waals surface area contributed by atoms with Gasteiger partial charge in [-0.25, -0.2) is 0 Å². The standard InChI is InChI=1S/C16H21BrN2S/c1-11(2)9-19-10-12(8-18-20-14-4-5-14)15-6-3-13(17)7-16(15)19/h3,6-7,10-11,14,18H,4-5,8-9H2,1-2H3. The average Bonchev–Trinajstić information content (AvgIpc) is 3.15. The molecule has 3 rings (SSSR count). The number of nitrogens with one attached hydrogen (secondary N) is 1. The minimum absolute atomic E-state index is 0.659. The summed E-state index contributed by atoms with van der Waals surface area (Å²) in [6.07, 6.45) is 5.07. The second kappa shape index (κ2) is 6.12. The van der Waals surface area contributed by atoms with E-state index >= 15 is 0 Å². The van der Waals surface area contributed by atoms with Crippen LogP contribution in [0.3, 0.4) is 0 Å². The smallest absolute Gasteiger partial charge is 0.0495 e. The number of hydrogen-bond donors (Lipinski definition) is 1. The Kier molecular flexibility index (Phi) is 4.43. The molecule has 0 aliphatic heterocycles. The van der Waals surface area contributed by atoms with Gasteiger partial charge in [-0.15, -0.1) is 0 Å². The van der Waals surface area contributed by atoms with E-state index in [-0.39, 0.29) is 0 Å². The van der Waals surface area contributed by atoms with Crippen LogP contribution in [0.15, 0.2) is 28.9 Å². The zero-order valence-electron chi connectivity index (χ0n) is 12.0. The molecule has 20 heavy (non-hydrogen) atoms. The van der Waals surface area contributed by atoms with Crippen molar-refractivity contribution in [2.24, 2.45) is 5.92 Å². The maximum atomic E-state index is 3.59. The fraction of sp³-hybridized carbons (Fsp3) is 0.500. The normalized spacial score (nSPS) is 15.4. The van der Waals surface area contributed by atoms with Crippen LogP contribution in [0, 0.1) is 5.92 Å². The van der Waals surface area contributed by atoms with Gasteiger partial charge in [0.2, 0.25) is 0 Å². The summed E-state index contributed by atoms with van der Waals surface area (Å²) in [7, 11) is 0. The lowest BCUT2D eigenvalue weighted by atomic mass is 10.2. The molecule has 1 aliphatic rings. The zero-order valence-corrected chi connectivity index (χ0v) is 14.4. The number of benzene rings is 1. The number of halogens is 1. The second-order valence-corrected chi connectivity index (χ2v) is 8.11. The molecule has 2 aromatic rings. The molecule has 0 saturated heterocycles. The van der Waals surface area contributed by atoms with E-state index in [4.69, 9.17) is 0 Å². The number of nitrogens with zero attached hydrogens (tertiary/aromatic N) is 1. The molecular formula is C16H21BrN2S. The lowest BCUT2D eigenvalue weighted by Gasteiger charge is -2.08. The minimum atomic E-state index is 0.659. The van der Waals surface area contributed by atoms with E-state index in [2.05, 4.69) is 63.5 Å². The van der Waals surface area contributed by atoms with Crippen LogP contribution < -0.4 is 4.72 Å². The van der Waals surface area contributed by atoms with Gasteiger partial charge in [-0.2, -0.15) is 0 Å². The van der Waals surface area contributed by atoms with Crippen molar-refractivity contribution in [3.63, 3.8) is 0 Å². The summed E-state index contributed by atoms with van der Waals surface area (Å²) in [6.45, 7) is 6.56. The van der Waals surface area contributed by atoms with Crippen molar-refractivity contribution in [3.8, 4) is 0 Å². The third-order valence-corrected chi connectivity index (χ3v) is 5.13. The van der Waals surface area contributed by atoms with Crippen LogP contribution in [0.2, 0.25) is 0 Å². The lowest BCUT2D eigenvalue weighted by Crippen LogP contribution is -2.05. The van der Waals surface area contributed by atoms with Crippen molar-refractivity contribution in [1.82, 2.24) is 9.29 Å². The summed E-state index contributed by atoms with van der Waals surface area (Å²) >= 11 is 5.49. The number of aromatic nitrogens is 1. The predicted molar refractivity (Wildman–Crippen MR) is 91.9 cm³/mol. The van der Waals surface area contributed by atoms with Gasteiger partial charge < -0.3 is 4.57 Å². The molecule has 0 atom stereocenters. The second-order valence-electron chi connectivity index (χ2n) is 6.00. The Hall–Kier alpha value is -0.450. The van der Waals surface area contributed by atoms with Gasteiger partial charge in [0.15, 0.2) is 0 Å². The van der Waals surface area contributed by atoms with Gasteiger partial charge in [-0.05, 0) is 36.5 Å². The van der Waals surface area contributed by atoms with E-state index in [1.807, 2.05) is 11.9 Å². The summed E-state index contributed by atoms with van der Waals surface area (Å²) in [4.78, 5) is 0. The largest absolute Gasteiger partial charge is 0.347 e. The summed E-state index contributed by atoms with van der Waals surface area (Å²) in [5.74, 6) is 0.659. The van der Waals surface area contributed by atoms with Crippen molar-refractivity contribution in [1.29, 1.82) is 0 Å². The molecule has 1 aromatic heterocycles. The van der Waals surface area contributed by atoms with Gasteiger partial charge in [0.1, 0.15) is 0 Å². The summed E-state index contributed by atoms with van der Waals surface area (Å²) in [5.41, 5.74) is 2.74. The number of fused-ring (bicyclic) bond motifs is 1. The topological polar surface area (TPSA) is 17.0 Å². The maximum absolute atomic E-state index is 3.59. The van der Waals surface area contributed by atoms with Gasteiger partial charge in [0.25, 0.3) is 0 Å². The first-order valence-corrected chi connectivity index (χ1v) is 8.96. The van der Waals surface area contributed by atoms with Crippen LogP contribution in [0.25, 0.3) is 10.9 Å². The molecule has 1 heterocycles. The number of rotatable bonds is 6. The lowest BCUT2D eigenvalue weighted by molar-refractivity contribution is 0.534. The molecule has 0 spiro atoms. The SMILES string of the molecule is CC(C)Cn1cc(CNSC2CC2)c2ccc(Br)cc21. The monoisotopic (exact) mass is 352 g/mol. The maximum Gasteiger partial charge on any atom is 0.0495 e. The molecular weight excluding hydrogens is 332 g/mol. The first kappa shape index (κ1) is 14.5. The van der Waals surface area contributed by atoms with E-state index < -0.39 is 0 Å². The Morgan fingerprint density at radius 2 is 2.20 bits per heavy atom. The molecule has 1 aromatic carbocycles. The van der Waals surface area contributed by atoms with E-state index in [0.29, 0.717) is 5.92 Å². The molecule has 1 aliphatic carbocycles. The molecule has 1 fully saturated rings. The molecule has 1 N–H and O–H groups in total. The van der Waals surface area contributed by atoms with Crippen molar-refractivity contribution in [3.05, 3.63) is 34.4 Å². The third kappa shape index (κ3) is 3.41. The van der Waals surface area contributed by atoms with E-state index in [9.17, 15) is 0 Å². The Morgan fingerprint density at radius 3 is 2.90 bits per heavy atom. The Bertz CT molecular complexity index is 602. The molecule has 0 unspecified atom stereocenters. The molecule has 0 amide bonds. The Labute approximate surface area is 133 Å². The van der Waals surface area contributed by atoms with Crippen LogP contribution >= 0.6 is 27.9 Å². The van der Waals surface area contributed by atoms with Crippen molar-refractivity contribution >= 4 is 38.8 Å². The number of hydrogen-bond acceptors (Lipinski definition) is 2. The van der Waals surface area contributed by atoms with Crippen molar-refractivity contribution < 1.29 is 0 Å². The highest BCUT2D eigenvalue weighted by atomic mass is 79.9. The minimum Gasteiger partial charge on any atom is -0.347 e. The summed E-state index contributed by atoms with van der Waals surface area (Å²) in [6, 6.07) is 6.60. The quantitative estimate of drug-likeness (QED) is 0.739. The van der Waals surface area contributed by atoms with E-state index in [1.54, 1.807) is 0 Å². The Morgan fingerprint density at radius 1 is 1.40 bits per heavy atom. The first-order chi connectivity index (χ1) is 9.63.